The second-order valence-corrected chi connectivity index (χ2v) is 13.4. The van der Waals surface area contributed by atoms with Gasteiger partial charge in [-0.05, 0) is 61.1 Å². The lowest BCUT2D eigenvalue weighted by Crippen LogP contribution is -2.83. The molecule has 45 heavy (non-hydrogen) atoms. The van der Waals surface area contributed by atoms with E-state index < -0.39 is 12.1 Å². The highest BCUT2D eigenvalue weighted by Crippen LogP contribution is 2.44. The summed E-state index contributed by atoms with van der Waals surface area (Å²) in [5.74, 6) is -1.51. The Labute approximate surface area is 263 Å². The second-order valence-electron chi connectivity index (χ2n) is 13.4. The van der Waals surface area contributed by atoms with E-state index in [1.807, 2.05) is 4.90 Å². The number of nitrogens with two attached hydrogens (primary N) is 1. The van der Waals surface area contributed by atoms with Crippen LogP contribution < -0.4 is 10.4 Å². The van der Waals surface area contributed by atoms with Gasteiger partial charge >= 0.3 is 6.18 Å². The molecular formula is C35H44F3N3O4. The van der Waals surface area contributed by atoms with Gasteiger partial charge in [-0.15, -0.1) is 0 Å². The van der Waals surface area contributed by atoms with Gasteiger partial charge in [-0.3, -0.25) is 9.59 Å². The van der Waals surface area contributed by atoms with Crippen molar-refractivity contribution in [2.24, 2.45) is 11.8 Å². The summed E-state index contributed by atoms with van der Waals surface area (Å²) in [5, 5.41) is 11.1. The lowest BCUT2D eigenvalue weighted by atomic mass is 9.67. The largest absolute Gasteiger partial charge is 0.542 e. The molecule has 2 amide bonds. The monoisotopic (exact) mass is 627 g/mol. The zero-order chi connectivity index (χ0) is 32.4. The van der Waals surface area contributed by atoms with E-state index >= 15 is 0 Å². The summed E-state index contributed by atoms with van der Waals surface area (Å²) in [5.41, 5.74) is 4.87. The van der Waals surface area contributed by atoms with Crippen LogP contribution >= 0.6 is 0 Å². The first-order chi connectivity index (χ1) is 21.4. The Morgan fingerprint density at radius 1 is 1.00 bits per heavy atom. The molecule has 2 aromatic rings. The molecule has 0 aromatic heterocycles. The highest BCUT2D eigenvalue weighted by molar-refractivity contribution is 5.83. The molecule has 0 radical (unpaired) electrons. The summed E-state index contributed by atoms with van der Waals surface area (Å²) >= 11 is 0. The number of aliphatic carboxylic acids is 1. The van der Waals surface area contributed by atoms with Crippen molar-refractivity contribution in [2.45, 2.75) is 88.9 Å². The van der Waals surface area contributed by atoms with Gasteiger partial charge in [0.05, 0.1) is 18.5 Å². The molecule has 10 heteroatoms. The third-order valence-electron chi connectivity index (χ3n) is 10.6. The van der Waals surface area contributed by atoms with Crippen molar-refractivity contribution in [3.05, 3.63) is 70.8 Å². The molecular weight excluding hydrogens is 583 g/mol. The van der Waals surface area contributed by atoms with E-state index in [0.29, 0.717) is 36.9 Å². The van der Waals surface area contributed by atoms with Gasteiger partial charge in [0.1, 0.15) is 11.9 Å². The summed E-state index contributed by atoms with van der Waals surface area (Å²) < 4.78 is 31.5. The van der Waals surface area contributed by atoms with Crippen LogP contribution in [0.15, 0.2) is 48.5 Å². The van der Waals surface area contributed by atoms with Crippen molar-refractivity contribution < 1.29 is 38.0 Å². The molecule has 0 bridgehead atoms. The molecule has 1 spiro atoms. The van der Waals surface area contributed by atoms with Crippen molar-refractivity contribution in [3.8, 4) is 0 Å². The molecule has 2 saturated heterocycles. The lowest BCUT2D eigenvalue weighted by molar-refractivity contribution is -0.640. The number of fused-ring (bicyclic) bond motifs is 2. The standard InChI is InChI=1S/C33H43N3O2.C2HF3O2/c1-23-13-14-29-28(17-23)20-35(24(2)37)22-33(29)21-34-19-30(33)32(38)36-16-15-27(25-9-5-3-6-10-25)18-31(36)26-11-7-4-8-12-26;3-2(4,5)1(6)7/h3,5-6,9-10,13-14,17,26-27,30-31,34H,4,7-8,11-12,15-16,18-22H2,1-2H3;(H,6,7)/t27-,30?,31+,33-;/m1./s1. The molecule has 2 N–H and O–H groups in total. The van der Waals surface area contributed by atoms with Gasteiger partial charge in [0.15, 0.2) is 0 Å². The third kappa shape index (κ3) is 7.05. The fourth-order valence-corrected chi connectivity index (χ4v) is 8.40. The molecule has 1 aliphatic carbocycles. The number of rotatable bonds is 3. The van der Waals surface area contributed by atoms with E-state index in [1.165, 1.54) is 54.4 Å². The van der Waals surface area contributed by atoms with E-state index in [9.17, 15) is 22.8 Å². The Morgan fingerprint density at radius 2 is 1.69 bits per heavy atom. The van der Waals surface area contributed by atoms with Gasteiger partial charge < -0.3 is 25.0 Å². The molecule has 3 aliphatic heterocycles. The fourth-order valence-electron chi connectivity index (χ4n) is 8.40. The Kier molecular flexibility index (Phi) is 9.91. The molecule has 3 heterocycles. The molecule has 6 rings (SSSR count). The van der Waals surface area contributed by atoms with Crippen molar-refractivity contribution in [2.75, 3.05) is 26.2 Å². The van der Waals surface area contributed by atoms with Gasteiger partial charge in [0, 0.05) is 32.6 Å². The first-order valence-corrected chi connectivity index (χ1v) is 16.2. The Morgan fingerprint density at radius 3 is 2.33 bits per heavy atom. The Bertz CT molecular complexity index is 1380. The van der Waals surface area contributed by atoms with E-state index in [0.717, 1.165) is 32.5 Å². The number of carbonyl (C=O) groups is 3. The molecule has 4 atom stereocenters. The van der Waals surface area contributed by atoms with Gasteiger partial charge in [-0.2, -0.15) is 13.2 Å². The number of carboxylic acid groups (broad SMARTS) is 1. The topological polar surface area (TPSA) is 97.4 Å². The normalized spacial score (nSPS) is 27.0. The van der Waals surface area contributed by atoms with Gasteiger partial charge in [-0.25, -0.2) is 0 Å². The number of piperidine rings is 1. The summed E-state index contributed by atoms with van der Waals surface area (Å²) in [6.07, 6.45) is 3.34. The number of hydrogen-bond donors (Lipinski definition) is 1. The van der Waals surface area contributed by atoms with Crippen LogP contribution in [0, 0.1) is 18.8 Å². The Balaban J connectivity index is 0.000000515. The fraction of sp³-hybridized carbons (Fsp3) is 0.571. The maximum Gasteiger partial charge on any atom is 0.430 e. The number of nitrogens with zero attached hydrogens (tertiary/aromatic N) is 2. The minimum absolute atomic E-state index is 0.0922. The highest BCUT2D eigenvalue weighted by Gasteiger charge is 2.57. The third-order valence-corrected chi connectivity index (χ3v) is 10.6. The van der Waals surface area contributed by atoms with E-state index in [2.05, 4.69) is 65.7 Å². The number of aryl methyl sites for hydroxylation is 1. The van der Waals surface area contributed by atoms with Crippen LogP contribution in [0.5, 0.6) is 0 Å². The average Bonchev–Trinajstić information content (AvgIpc) is 3.44. The van der Waals surface area contributed by atoms with E-state index in [-0.39, 0.29) is 17.2 Å². The van der Waals surface area contributed by atoms with Crippen LogP contribution in [-0.2, 0) is 26.3 Å². The first-order valence-electron chi connectivity index (χ1n) is 16.2. The molecule has 3 fully saturated rings. The molecule has 1 saturated carbocycles. The Hall–Kier alpha value is -3.40. The molecule has 2 aromatic carbocycles. The number of halogens is 3. The maximum absolute atomic E-state index is 14.7. The molecule has 1 unspecified atom stereocenters. The molecule has 244 valence electrons. The number of benzene rings is 2. The van der Waals surface area contributed by atoms with E-state index in [1.54, 1.807) is 6.92 Å². The van der Waals surface area contributed by atoms with Gasteiger partial charge in [0.2, 0.25) is 11.8 Å². The predicted molar refractivity (Wildman–Crippen MR) is 161 cm³/mol. The van der Waals surface area contributed by atoms with Crippen molar-refractivity contribution >= 4 is 17.8 Å². The SMILES string of the molecule is CC(=O)N1Cc2cc(C)ccc2[C@@]2(C[NH2+]CC2C(=O)N2CC[C@@H](c3ccccc3)C[C@H]2C2CCCCC2)C1.O=C([O-])C(F)(F)F. The summed E-state index contributed by atoms with van der Waals surface area (Å²) in [6.45, 7) is 7.64. The number of likely N-dealkylation sites (tertiary alicyclic amines) is 1. The van der Waals surface area contributed by atoms with Crippen LogP contribution in [0.4, 0.5) is 13.2 Å². The number of alkyl halides is 3. The smallest absolute Gasteiger partial charge is 0.430 e. The summed E-state index contributed by atoms with van der Waals surface area (Å²) in [6, 6.07) is 18.0. The number of amides is 2. The molecule has 4 aliphatic rings. The van der Waals surface area contributed by atoms with Crippen LogP contribution in [0.1, 0.15) is 80.0 Å². The van der Waals surface area contributed by atoms with Gasteiger partial charge in [-0.1, -0.05) is 73.4 Å². The van der Waals surface area contributed by atoms with Crippen molar-refractivity contribution in [3.63, 3.8) is 0 Å². The van der Waals surface area contributed by atoms with Gasteiger partial charge in [0.25, 0.3) is 0 Å². The van der Waals surface area contributed by atoms with Crippen molar-refractivity contribution in [1.82, 2.24) is 9.80 Å². The first kappa shape index (κ1) is 33.0. The average molecular weight is 628 g/mol. The lowest BCUT2D eigenvalue weighted by Gasteiger charge is -2.48. The summed E-state index contributed by atoms with van der Waals surface area (Å²) in [4.78, 5) is 40.5. The predicted octanol–water partition coefficient (Wildman–Crippen LogP) is 3.44. The number of carboxylic acids is 1. The number of hydrogen-bond acceptors (Lipinski definition) is 4. The minimum Gasteiger partial charge on any atom is -0.542 e. The van der Waals surface area contributed by atoms with Crippen LogP contribution in [0.3, 0.4) is 0 Å². The number of quaternary nitrogens is 1. The summed E-state index contributed by atoms with van der Waals surface area (Å²) in [7, 11) is 0. The second kappa shape index (κ2) is 13.5. The molecule has 7 nitrogen and oxygen atoms in total. The zero-order valence-electron chi connectivity index (χ0n) is 26.2. The maximum atomic E-state index is 14.7. The van der Waals surface area contributed by atoms with Crippen LogP contribution in [0.25, 0.3) is 0 Å². The van der Waals surface area contributed by atoms with E-state index in [4.69, 9.17) is 9.90 Å². The highest BCUT2D eigenvalue weighted by atomic mass is 19.4. The number of carbonyl (C=O) groups excluding carboxylic acids is 3. The van der Waals surface area contributed by atoms with Crippen LogP contribution in [-0.4, -0.2) is 66.0 Å². The minimum atomic E-state index is -5.19. The zero-order valence-corrected chi connectivity index (χ0v) is 26.2. The quantitative estimate of drug-likeness (QED) is 0.564. The van der Waals surface area contributed by atoms with Crippen molar-refractivity contribution in [1.29, 1.82) is 0 Å². The van der Waals surface area contributed by atoms with Crippen LogP contribution in [0.2, 0.25) is 0 Å².